The summed E-state index contributed by atoms with van der Waals surface area (Å²) < 4.78 is 5.07. The van der Waals surface area contributed by atoms with Gasteiger partial charge in [-0.1, -0.05) is 0 Å². The van der Waals surface area contributed by atoms with Crippen LogP contribution >= 0.6 is 0 Å². The topological polar surface area (TPSA) is 91.8 Å². The van der Waals surface area contributed by atoms with Crippen LogP contribution in [0.2, 0.25) is 0 Å². The van der Waals surface area contributed by atoms with E-state index in [1.165, 1.54) is 18.5 Å². The number of carbonyl (C=O) groups excluding carboxylic acids is 1. The Kier molecular flexibility index (Phi) is 4.14. The first-order valence-electron chi connectivity index (χ1n) is 6.29. The van der Waals surface area contributed by atoms with Gasteiger partial charge in [0.15, 0.2) is 0 Å². The van der Waals surface area contributed by atoms with E-state index in [1.807, 2.05) is 26.0 Å². The molecule has 6 heteroatoms. The number of nitrogens with zero attached hydrogens (tertiary/aromatic N) is 3. The van der Waals surface area contributed by atoms with Crippen molar-refractivity contribution >= 4 is 11.7 Å². The lowest BCUT2D eigenvalue weighted by molar-refractivity contribution is 0.103. The Labute approximate surface area is 122 Å². The highest BCUT2D eigenvalue weighted by atomic mass is 16.3. The van der Waals surface area contributed by atoms with Crippen molar-refractivity contribution in [1.29, 1.82) is 5.26 Å². The standard InChI is InChI=1S/C15H14N4O2/c1-9-6-10(2)19-15(18-9)17-8-12(7-16)14(20)13-4-5-21-11(13)3/h4-6,8H,1-3H3,(H,17,18,19)/b12-8+. The highest BCUT2D eigenvalue weighted by Crippen LogP contribution is 2.14. The first kappa shape index (κ1) is 14.5. The first-order chi connectivity index (χ1) is 10.0. The van der Waals surface area contributed by atoms with Gasteiger partial charge in [0.05, 0.1) is 11.8 Å². The van der Waals surface area contributed by atoms with Crippen molar-refractivity contribution in [3.05, 3.63) is 52.9 Å². The Morgan fingerprint density at radius 1 is 1.33 bits per heavy atom. The predicted molar refractivity (Wildman–Crippen MR) is 76.6 cm³/mol. The average Bonchev–Trinajstić information content (AvgIpc) is 2.84. The highest BCUT2D eigenvalue weighted by Gasteiger charge is 2.16. The minimum Gasteiger partial charge on any atom is -0.469 e. The van der Waals surface area contributed by atoms with Gasteiger partial charge >= 0.3 is 0 Å². The maximum Gasteiger partial charge on any atom is 0.227 e. The molecule has 0 amide bonds. The van der Waals surface area contributed by atoms with Gasteiger partial charge in [0.2, 0.25) is 11.7 Å². The number of nitriles is 1. The molecule has 0 saturated carbocycles. The molecule has 0 unspecified atom stereocenters. The van der Waals surface area contributed by atoms with Crippen LogP contribution in [-0.4, -0.2) is 15.8 Å². The lowest BCUT2D eigenvalue weighted by atomic mass is 10.1. The summed E-state index contributed by atoms with van der Waals surface area (Å²) in [6.07, 6.45) is 2.72. The fourth-order valence-electron chi connectivity index (χ4n) is 1.84. The highest BCUT2D eigenvalue weighted by molar-refractivity contribution is 6.11. The van der Waals surface area contributed by atoms with Crippen molar-refractivity contribution in [3.8, 4) is 6.07 Å². The number of nitrogens with one attached hydrogen (secondary N) is 1. The molecule has 21 heavy (non-hydrogen) atoms. The number of Topliss-reactive ketones (excluding diaryl/α,β-unsaturated/α-hetero) is 1. The molecule has 2 aromatic rings. The predicted octanol–water partition coefficient (Wildman–Crippen LogP) is 2.70. The van der Waals surface area contributed by atoms with Gasteiger partial charge in [-0.15, -0.1) is 0 Å². The second kappa shape index (κ2) is 6.01. The molecular weight excluding hydrogens is 268 g/mol. The van der Waals surface area contributed by atoms with Gasteiger partial charge in [0, 0.05) is 17.6 Å². The van der Waals surface area contributed by atoms with Crippen LogP contribution in [0.1, 0.15) is 27.5 Å². The molecule has 2 heterocycles. The maximum absolute atomic E-state index is 12.2. The molecule has 0 aliphatic heterocycles. The third-order valence-electron chi connectivity index (χ3n) is 2.80. The monoisotopic (exact) mass is 282 g/mol. The number of carbonyl (C=O) groups is 1. The van der Waals surface area contributed by atoms with Gasteiger partial charge in [-0.05, 0) is 32.9 Å². The van der Waals surface area contributed by atoms with Crippen LogP contribution in [0.4, 0.5) is 5.95 Å². The minimum absolute atomic E-state index is 0.0396. The molecule has 0 radical (unpaired) electrons. The van der Waals surface area contributed by atoms with Crippen molar-refractivity contribution < 1.29 is 9.21 Å². The molecule has 0 aliphatic carbocycles. The summed E-state index contributed by atoms with van der Waals surface area (Å²) in [5.41, 5.74) is 1.93. The first-order valence-corrected chi connectivity index (χ1v) is 6.29. The van der Waals surface area contributed by atoms with E-state index in [1.54, 1.807) is 6.92 Å². The number of allylic oxidation sites excluding steroid dienone is 1. The van der Waals surface area contributed by atoms with Gasteiger partial charge in [-0.2, -0.15) is 5.26 Å². The number of aryl methyl sites for hydroxylation is 3. The summed E-state index contributed by atoms with van der Waals surface area (Å²) in [6.45, 7) is 5.35. The summed E-state index contributed by atoms with van der Waals surface area (Å²) in [6, 6.07) is 5.24. The summed E-state index contributed by atoms with van der Waals surface area (Å²) in [5, 5.41) is 11.9. The molecule has 1 N–H and O–H groups in total. The van der Waals surface area contributed by atoms with Crippen molar-refractivity contribution in [3.63, 3.8) is 0 Å². The number of hydrogen-bond acceptors (Lipinski definition) is 6. The van der Waals surface area contributed by atoms with E-state index >= 15 is 0 Å². The molecule has 0 atom stereocenters. The van der Waals surface area contributed by atoms with Crippen LogP contribution in [0.25, 0.3) is 0 Å². The molecule has 0 aromatic carbocycles. The summed E-state index contributed by atoms with van der Waals surface area (Å²) in [4.78, 5) is 20.5. The van der Waals surface area contributed by atoms with E-state index in [4.69, 9.17) is 9.68 Å². The normalized spacial score (nSPS) is 11.0. The van der Waals surface area contributed by atoms with Crippen LogP contribution in [0.3, 0.4) is 0 Å². The number of furan rings is 1. The number of anilines is 1. The van der Waals surface area contributed by atoms with Crippen molar-refractivity contribution in [2.45, 2.75) is 20.8 Å². The fourth-order valence-corrected chi connectivity index (χ4v) is 1.84. The number of ketones is 1. The number of aromatic nitrogens is 2. The Balaban J connectivity index is 2.24. The summed E-state index contributed by atoms with van der Waals surface area (Å²) >= 11 is 0. The van der Waals surface area contributed by atoms with E-state index in [9.17, 15) is 4.79 Å². The zero-order valence-corrected chi connectivity index (χ0v) is 12.0. The van der Waals surface area contributed by atoms with E-state index < -0.39 is 5.78 Å². The SMILES string of the molecule is Cc1cc(C)nc(N/C=C(\C#N)C(=O)c2ccoc2C)n1. The Morgan fingerprint density at radius 3 is 2.52 bits per heavy atom. The fraction of sp³-hybridized carbons (Fsp3) is 0.200. The minimum atomic E-state index is -0.402. The molecule has 2 rings (SSSR count). The lowest BCUT2D eigenvalue weighted by Gasteiger charge is -2.03. The third-order valence-corrected chi connectivity index (χ3v) is 2.80. The Morgan fingerprint density at radius 2 is 2.00 bits per heavy atom. The van der Waals surface area contributed by atoms with Gasteiger partial charge in [-0.3, -0.25) is 4.79 Å². The second-order valence-corrected chi connectivity index (χ2v) is 4.51. The third kappa shape index (κ3) is 3.34. The zero-order chi connectivity index (χ0) is 15.4. The van der Waals surface area contributed by atoms with Gasteiger partial charge in [0.25, 0.3) is 0 Å². The largest absolute Gasteiger partial charge is 0.469 e. The van der Waals surface area contributed by atoms with Gasteiger partial charge in [-0.25, -0.2) is 9.97 Å². The smallest absolute Gasteiger partial charge is 0.227 e. The molecule has 0 fully saturated rings. The van der Waals surface area contributed by atoms with Crippen molar-refractivity contribution in [2.24, 2.45) is 0 Å². The number of rotatable bonds is 4. The van der Waals surface area contributed by atoms with E-state index in [0.717, 1.165) is 11.4 Å². The van der Waals surface area contributed by atoms with Gasteiger partial charge < -0.3 is 9.73 Å². The maximum atomic E-state index is 12.2. The molecule has 0 saturated heterocycles. The molecule has 0 aliphatic rings. The molecule has 0 spiro atoms. The van der Waals surface area contributed by atoms with Crippen molar-refractivity contribution in [2.75, 3.05) is 5.32 Å². The number of hydrogen-bond donors (Lipinski definition) is 1. The second-order valence-electron chi connectivity index (χ2n) is 4.51. The zero-order valence-electron chi connectivity index (χ0n) is 12.0. The molecule has 2 aromatic heterocycles. The molecular formula is C15H14N4O2. The van der Waals surface area contributed by atoms with Crippen LogP contribution in [0.5, 0.6) is 0 Å². The average molecular weight is 282 g/mol. The van der Waals surface area contributed by atoms with Crippen LogP contribution in [0, 0.1) is 32.1 Å². The van der Waals surface area contributed by atoms with Crippen LogP contribution in [0.15, 0.2) is 34.6 Å². The lowest BCUT2D eigenvalue weighted by Crippen LogP contribution is -2.06. The molecule has 106 valence electrons. The summed E-state index contributed by atoms with van der Waals surface area (Å²) in [5.74, 6) is 0.418. The van der Waals surface area contributed by atoms with Crippen LogP contribution < -0.4 is 5.32 Å². The Bertz CT molecular complexity index is 733. The summed E-state index contributed by atoms with van der Waals surface area (Å²) in [7, 11) is 0. The molecule has 0 bridgehead atoms. The van der Waals surface area contributed by atoms with Gasteiger partial charge in [0.1, 0.15) is 17.4 Å². The van der Waals surface area contributed by atoms with E-state index in [2.05, 4.69) is 15.3 Å². The Hall–Kier alpha value is -2.94. The quantitative estimate of drug-likeness (QED) is 0.526. The van der Waals surface area contributed by atoms with Crippen molar-refractivity contribution in [1.82, 2.24) is 9.97 Å². The molecule has 6 nitrogen and oxygen atoms in total. The van der Waals surface area contributed by atoms with E-state index in [-0.39, 0.29) is 5.57 Å². The van der Waals surface area contributed by atoms with E-state index in [0.29, 0.717) is 17.3 Å². The van der Waals surface area contributed by atoms with Crippen LogP contribution in [-0.2, 0) is 0 Å².